The van der Waals surface area contributed by atoms with Crippen LogP contribution < -0.4 is 10.5 Å². The number of aromatic nitrogens is 1. The van der Waals surface area contributed by atoms with Crippen molar-refractivity contribution in [1.29, 1.82) is 0 Å². The van der Waals surface area contributed by atoms with Crippen LogP contribution in [-0.4, -0.2) is 24.8 Å². The summed E-state index contributed by atoms with van der Waals surface area (Å²) in [6, 6.07) is 1.27. The lowest BCUT2D eigenvalue weighted by molar-refractivity contribution is -0.148. The summed E-state index contributed by atoms with van der Waals surface area (Å²) in [6.07, 6.45) is -3.21. The highest BCUT2D eigenvalue weighted by atomic mass is 35.5. The van der Waals surface area contributed by atoms with E-state index in [9.17, 15) is 13.2 Å². The number of hydrogen-bond donors (Lipinski definition) is 1. The maximum atomic E-state index is 12.7. The summed E-state index contributed by atoms with van der Waals surface area (Å²) >= 11 is 5.71. The van der Waals surface area contributed by atoms with Gasteiger partial charge < -0.3 is 10.5 Å². The topological polar surface area (TPSA) is 48.1 Å². The zero-order valence-electron chi connectivity index (χ0n) is 8.38. The van der Waals surface area contributed by atoms with Crippen LogP contribution in [0.15, 0.2) is 12.3 Å². The number of nitrogens with two attached hydrogens (primary N) is 1. The third kappa shape index (κ3) is 2.56. The third-order valence-corrected chi connectivity index (χ3v) is 2.40. The maximum Gasteiger partial charge on any atom is 0.397 e. The molecule has 0 spiro atoms. The Hall–Kier alpha value is -1.01. The highest BCUT2D eigenvalue weighted by Crippen LogP contribution is 2.40. The molecule has 1 atom stereocenters. The number of halogens is 4. The van der Waals surface area contributed by atoms with Crippen LogP contribution in [0.5, 0.6) is 5.88 Å². The van der Waals surface area contributed by atoms with Gasteiger partial charge in [0.15, 0.2) is 0 Å². The van der Waals surface area contributed by atoms with Crippen molar-refractivity contribution in [2.45, 2.75) is 12.1 Å². The van der Waals surface area contributed by atoms with Crippen molar-refractivity contribution < 1.29 is 17.9 Å². The number of alkyl halides is 3. The Morgan fingerprint density at radius 2 is 2.19 bits per heavy atom. The summed E-state index contributed by atoms with van der Waals surface area (Å²) in [5.41, 5.74) is 4.90. The predicted octanol–water partition coefficient (Wildman–Crippen LogP) is 2.35. The van der Waals surface area contributed by atoms with Crippen molar-refractivity contribution in [1.82, 2.24) is 4.98 Å². The van der Waals surface area contributed by atoms with E-state index in [0.717, 1.165) is 0 Å². The summed E-state index contributed by atoms with van der Waals surface area (Å²) in [5, 5.41) is -0.0559. The smallest absolute Gasteiger partial charge is 0.397 e. The zero-order chi connectivity index (χ0) is 12.3. The number of nitrogens with zero attached hydrogens (tertiary/aromatic N) is 1. The molecular formula is C9H10ClF3N2O. The van der Waals surface area contributed by atoms with E-state index in [1.165, 1.54) is 19.4 Å². The molecule has 90 valence electrons. The molecule has 16 heavy (non-hydrogen) atoms. The molecule has 1 rings (SSSR count). The van der Waals surface area contributed by atoms with Gasteiger partial charge >= 0.3 is 6.18 Å². The first kappa shape index (κ1) is 13.1. The monoisotopic (exact) mass is 254 g/mol. The van der Waals surface area contributed by atoms with Gasteiger partial charge in [-0.15, -0.1) is 0 Å². The molecular weight excluding hydrogens is 245 g/mol. The van der Waals surface area contributed by atoms with E-state index in [1.54, 1.807) is 0 Å². The SMILES string of the molecule is COc1nccc(Cl)c1C(CN)C(F)(F)F. The molecule has 0 amide bonds. The van der Waals surface area contributed by atoms with Crippen LogP contribution in [0.3, 0.4) is 0 Å². The van der Waals surface area contributed by atoms with Crippen LogP contribution >= 0.6 is 11.6 Å². The van der Waals surface area contributed by atoms with Gasteiger partial charge in [-0.3, -0.25) is 0 Å². The predicted molar refractivity (Wildman–Crippen MR) is 53.6 cm³/mol. The second kappa shape index (κ2) is 4.88. The number of pyridine rings is 1. The number of hydrogen-bond acceptors (Lipinski definition) is 3. The van der Waals surface area contributed by atoms with Gasteiger partial charge in [-0.1, -0.05) is 11.6 Å². The standard InChI is InChI=1S/C9H10ClF3N2O/c1-16-8-7(6(10)2-3-15-8)5(4-14)9(11,12)13/h2-3,5H,4,14H2,1H3. The Morgan fingerprint density at radius 1 is 1.56 bits per heavy atom. The van der Waals surface area contributed by atoms with Crippen molar-refractivity contribution in [2.24, 2.45) is 5.73 Å². The minimum Gasteiger partial charge on any atom is -0.481 e. The molecule has 2 N–H and O–H groups in total. The van der Waals surface area contributed by atoms with Crippen molar-refractivity contribution in [3.05, 3.63) is 22.8 Å². The van der Waals surface area contributed by atoms with E-state index in [2.05, 4.69) is 4.98 Å². The Labute approximate surface area is 95.4 Å². The quantitative estimate of drug-likeness (QED) is 0.901. The van der Waals surface area contributed by atoms with Crippen LogP contribution in [0.1, 0.15) is 11.5 Å². The van der Waals surface area contributed by atoms with Crippen LogP contribution in [-0.2, 0) is 0 Å². The number of rotatable bonds is 3. The summed E-state index contributed by atoms with van der Waals surface area (Å²) in [5.74, 6) is -2.02. The molecule has 7 heteroatoms. The van der Waals surface area contributed by atoms with E-state index in [1.807, 2.05) is 0 Å². The second-order valence-electron chi connectivity index (χ2n) is 3.05. The fourth-order valence-corrected chi connectivity index (χ4v) is 1.59. The van der Waals surface area contributed by atoms with Crippen molar-refractivity contribution >= 4 is 11.6 Å². The average molecular weight is 255 g/mol. The fourth-order valence-electron chi connectivity index (χ4n) is 1.33. The molecule has 0 saturated carbocycles. The molecule has 0 saturated heterocycles. The van der Waals surface area contributed by atoms with E-state index >= 15 is 0 Å². The van der Waals surface area contributed by atoms with Gasteiger partial charge in [-0.25, -0.2) is 4.98 Å². The van der Waals surface area contributed by atoms with E-state index in [0.29, 0.717) is 0 Å². The van der Waals surface area contributed by atoms with Crippen molar-refractivity contribution in [3.8, 4) is 5.88 Å². The van der Waals surface area contributed by atoms with E-state index < -0.39 is 18.6 Å². The van der Waals surface area contributed by atoms with Gasteiger partial charge in [0.25, 0.3) is 0 Å². The summed E-state index contributed by atoms with van der Waals surface area (Å²) in [4.78, 5) is 3.68. The minimum atomic E-state index is -4.48. The van der Waals surface area contributed by atoms with Gasteiger partial charge in [0.05, 0.1) is 18.1 Å². The largest absolute Gasteiger partial charge is 0.481 e. The third-order valence-electron chi connectivity index (χ3n) is 2.07. The average Bonchev–Trinajstić information content (AvgIpc) is 2.19. The molecule has 0 fully saturated rings. The van der Waals surface area contributed by atoms with Gasteiger partial charge in [0.2, 0.25) is 5.88 Å². The van der Waals surface area contributed by atoms with Crippen LogP contribution in [0.2, 0.25) is 5.02 Å². The molecule has 0 aliphatic carbocycles. The fraction of sp³-hybridized carbons (Fsp3) is 0.444. The first-order valence-corrected chi connectivity index (χ1v) is 4.74. The van der Waals surface area contributed by atoms with Crippen LogP contribution in [0, 0.1) is 0 Å². The summed E-state index contributed by atoms with van der Waals surface area (Å²) < 4.78 is 42.8. The lowest BCUT2D eigenvalue weighted by Gasteiger charge is -2.21. The van der Waals surface area contributed by atoms with E-state index in [4.69, 9.17) is 22.1 Å². The molecule has 1 unspecified atom stereocenters. The summed E-state index contributed by atoms with van der Waals surface area (Å²) in [7, 11) is 1.23. The van der Waals surface area contributed by atoms with Gasteiger partial charge in [0.1, 0.15) is 0 Å². The van der Waals surface area contributed by atoms with Crippen molar-refractivity contribution in [2.75, 3.05) is 13.7 Å². The van der Waals surface area contributed by atoms with Gasteiger partial charge in [0, 0.05) is 18.3 Å². The molecule has 0 bridgehead atoms. The molecule has 1 aromatic rings. The number of ether oxygens (including phenoxy) is 1. The molecule has 0 aliphatic heterocycles. The zero-order valence-corrected chi connectivity index (χ0v) is 9.14. The van der Waals surface area contributed by atoms with Crippen LogP contribution in [0.25, 0.3) is 0 Å². The molecule has 1 aromatic heterocycles. The Kier molecular flexibility index (Phi) is 3.98. The maximum absolute atomic E-state index is 12.7. The Morgan fingerprint density at radius 3 is 2.62 bits per heavy atom. The lowest BCUT2D eigenvalue weighted by Crippen LogP contribution is -2.28. The highest BCUT2D eigenvalue weighted by Gasteiger charge is 2.42. The highest BCUT2D eigenvalue weighted by molar-refractivity contribution is 6.31. The Bertz CT molecular complexity index is 370. The summed E-state index contributed by atoms with van der Waals surface area (Å²) in [6.45, 7) is -0.606. The molecule has 0 radical (unpaired) electrons. The molecule has 0 aliphatic rings. The van der Waals surface area contributed by atoms with Gasteiger partial charge in [-0.05, 0) is 6.07 Å². The normalized spacial score (nSPS) is 13.6. The molecule has 0 aromatic carbocycles. The van der Waals surface area contributed by atoms with Crippen molar-refractivity contribution in [3.63, 3.8) is 0 Å². The van der Waals surface area contributed by atoms with Gasteiger partial charge in [-0.2, -0.15) is 13.2 Å². The first-order valence-electron chi connectivity index (χ1n) is 4.37. The first-order chi connectivity index (χ1) is 7.41. The minimum absolute atomic E-state index is 0.0559. The molecule has 3 nitrogen and oxygen atoms in total. The second-order valence-corrected chi connectivity index (χ2v) is 3.45. The molecule has 1 heterocycles. The Balaban J connectivity index is 3.29. The van der Waals surface area contributed by atoms with E-state index in [-0.39, 0.29) is 16.5 Å². The van der Waals surface area contributed by atoms with Crippen LogP contribution in [0.4, 0.5) is 13.2 Å². The number of methoxy groups -OCH3 is 1. The lowest BCUT2D eigenvalue weighted by atomic mass is 10.00.